The predicted molar refractivity (Wildman–Crippen MR) is 74.2 cm³/mol. The Balaban J connectivity index is 2.30. The quantitative estimate of drug-likeness (QED) is 0.901. The van der Waals surface area contributed by atoms with Gasteiger partial charge in [0.25, 0.3) is 0 Å². The molecule has 0 aliphatic rings. The van der Waals surface area contributed by atoms with Crippen LogP contribution in [0.15, 0.2) is 23.6 Å². The molecule has 1 heterocycles. The lowest BCUT2D eigenvalue weighted by Crippen LogP contribution is -1.91. The third-order valence-electron chi connectivity index (χ3n) is 2.73. The van der Waals surface area contributed by atoms with E-state index >= 15 is 0 Å². The smallest absolute Gasteiger partial charge is 0.128 e. The highest BCUT2D eigenvalue weighted by atomic mass is 32.1. The number of benzene rings is 1. The van der Waals surface area contributed by atoms with Crippen molar-refractivity contribution in [3.63, 3.8) is 0 Å². The van der Waals surface area contributed by atoms with Crippen molar-refractivity contribution in [3.05, 3.63) is 34.2 Å². The van der Waals surface area contributed by atoms with E-state index in [4.69, 9.17) is 9.84 Å². The zero-order chi connectivity index (χ0) is 13.0. The molecule has 0 bridgehead atoms. The summed E-state index contributed by atoms with van der Waals surface area (Å²) in [5.74, 6) is 0.847. The zero-order valence-electron chi connectivity index (χ0n) is 10.6. The van der Waals surface area contributed by atoms with E-state index in [-0.39, 0.29) is 6.61 Å². The number of aryl methyl sites for hydroxylation is 2. The van der Waals surface area contributed by atoms with Crippen LogP contribution in [0.3, 0.4) is 0 Å². The largest absolute Gasteiger partial charge is 0.496 e. The van der Waals surface area contributed by atoms with Crippen molar-refractivity contribution in [3.8, 4) is 17.0 Å². The minimum atomic E-state index is 0.211. The monoisotopic (exact) mass is 263 g/mol. The van der Waals surface area contributed by atoms with Gasteiger partial charge < -0.3 is 9.84 Å². The lowest BCUT2D eigenvalue weighted by molar-refractivity contribution is 0.288. The van der Waals surface area contributed by atoms with Gasteiger partial charge in [-0.1, -0.05) is 11.6 Å². The molecule has 0 saturated heterocycles. The normalized spacial score (nSPS) is 10.6. The van der Waals surface area contributed by atoms with Gasteiger partial charge in [0.1, 0.15) is 5.75 Å². The molecule has 1 aromatic carbocycles. The fraction of sp³-hybridized carbons (Fsp3) is 0.357. The molecule has 3 nitrogen and oxygen atoms in total. The number of methoxy groups -OCH3 is 1. The molecule has 2 aromatic rings. The third-order valence-corrected chi connectivity index (χ3v) is 3.64. The highest BCUT2D eigenvalue weighted by Gasteiger charge is 2.10. The van der Waals surface area contributed by atoms with Crippen molar-refractivity contribution < 1.29 is 9.84 Å². The average Bonchev–Trinajstić information content (AvgIpc) is 2.85. The molecule has 0 amide bonds. The molecule has 0 saturated carbocycles. The maximum absolute atomic E-state index is 8.83. The Bertz CT molecular complexity index is 522. The SMILES string of the molecule is COc1ccc(C)cc1-c1csc(CCCO)n1. The molecule has 0 fully saturated rings. The molecule has 18 heavy (non-hydrogen) atoms. The van der Waals surface area contributed by atoms with Crippen LogP contribution in [0.4, 0.5) is 0 Å². The number of aliphatic hydroxyl groups excluding tert-OH is 1. The van der Waals surface area contributed by atoms with Gasteiger partial charge in [-0.2, -0.15) is 0 Å². The van der Waals surface area contributed by atoms with Gasteiger partial charge in [0.15, 0.2) is 0 Å². The standard InChI is InChI=1S/C14H17NO2S/c1-10-5-6-13(17-2)11(8-10)12-9-18-14(15-12)4-3-7-16/h5-6,8-9,16H,3-4,7H2,1-2H3. The first-order valence-corrected chi connectivity index (χ1v) is 6.83. The molecule has 96 valence electrons. The Morgan fingerprint density at radius 2 is 2.22 bits per heavy atom. The van der Waals surface area contributed by atoms with Crippen molar-refractivity contribution in [1.29, 1.82) is 0 Å². The van der Waals surface area contributed by atoms with Gasteiger partial charge in [-0.3, -0.25) is 0 Å². The molecule has 4 heteroatoms. The second kappa shape index (κ2) is 5.98. The topological polar surface area (TPSA) is 42.4 Å². The molecule has 1 aromatic heterocycles. The third kappa shape index (κ3) is 2.89. The summed E-state index contributed by atoms with van der Waals surface area (Å²) in [6.45, 7) is 2.27. The number of aromatic nitrogens is 1. The number of rotatable bonds is 5. The highest BCUT2D eigenvalue weighted by Crippen LogP contribution is 2.31. The molecule has 0 unspecified atom stereocenters. The maximum Gasteiger partial charge on any atom is 0.128 e. The summed E-state index contributed by atoms with van der Waals surface area (Å²) in [4.78, 5) is 4.60. The molecule has 0 radical (unpaired) electrons. The molecule has 0 spiro atoms. The molecular weight excluding hydrogens is 246 g/mol. The summed E-state index contributed by atoms with van der Waals surface area (Å²) in [6, 6.07) is 6.09. The van der Waals surface area contributed by atoms with E-state index in [1.54, 1.807) is 18.4 Å². The van der Waals surface area contributed by atoms with E-state index < -0.39 is 0 Å². The van der Waals surface area contributed by atoms with Crippen LogP contribution in [0.2, 0.25) is 0 Å². The Morgan fingerprint density at radius 1 is 1.39 bits per heavy atom. The molecule has 1 N–H and O–H groups in total. The maximum atomic E-state index is 8.83. The summed E-state index contributed by atoms with van der Waals surface area (Å²) in [5, 5.41) is 11.9. The second-order valence-electron chi connectivity index (χ2n) is 4.16. The molecule has 0 aliphatic heterocycles. The van der Waals surface area contributed by atoms with Gasteiger partial charge in [0.05, 0.1) is 17.8 Å². The Kier molecular flexibility index (Phi) is 4.33. The average molecular weight is 263 g/mol. The van der Waals surface area contributed by atoms with Crippen molar-refractivity contribution in [1.82, 2.24) is 4.98 Å². The number of thiazole rings is 1. The van der Waals surface area contributed by atoms with Crippen molar-refractivity contribution in [2.75, 3.05) is 13.7 Å². The van der Waals surface area contributed by atoms with Crippen molar-refractivity contribution in [2.24, 2.45) is 0 Å². The number of aliphatic hydroxyl groups is 1. The summed E-state index contributed by atoms with van der Waals surface area (Å²) in [7, 11) is 1.67. The van der Waals surface area contributed by atoms with Crippen LogP contribution in [0, 0.1) is 6.92 Å². The number of nitrogens with zero attached hydrogens (tertiary/aromatic N) is 1. The Morgan fingerprint density at radius 3 is 2.94 bits per heavy atom. The van der Waals surface area contributed by atoms with E-state index in [1.165, 1.54) is 5.56 Å². The van der Waals surface area contributed by atoms with E-state index in [1.807, 2.05) is 17.5 Å². The number of hydrogen-bond acceptors (Lipinski definition) is 4. The minimum absolute atomic E-state index is 0.211. The van der Waals surface area contributed by atoms with Crippen molar-refractivity contribution in [2.45, 2.75) is 19.8 Å². The zero-order valence-corrected chi connectivity index (χ0v) is 11.5. The molecular formula is C14H17NO2S. The van der Waals surface area contributed by atoms with E-state index in [0.717, 1.165) is 34.9 Å². The first-order valence-electron chi connectivity index (χ1n) is 5.95. The summed E-state index contributed by atoms with van der Waals surface area (Å²) >= 11 is 1.63. The fourth-order valence-corrected chi connectivity index (χ4v) is 2.64. The lowest BCUT2D eigenvalue weighted by Gasteiger charge is -2.06. The van der Waals surface area contributed by atoms with Crippen LogP contribution in [-0.2, 0) is 6.42 Å². The Hall–Kier alpha value is -1.39. The van der Waals surface area contributed by atoms with Gasteiger partial charge in [0.2, 0.25) is 0 Å². The first-order chi connectivity index (χ1) is 8.74. The summed E-state index contributed by atoms with van der Waals surface area (Å²) in [5.41, 5.74) is 3.17. The van der Waals surface area contributed by atoms with Crippen LogP contribution in [0.25, 0.3) is 11.3 Å². The fourth-order valence-electron chi connectivity index (χ4n) is 1.80. The van der Waals surface area contributed by atoms with Gasteiger partial charge in [-0.15, -0.1) is 11.3 Å². The van der Waals surface area contributed by atoms with Crippen LogP contribution in [0.5, 0.6) is 5.75 Å². The number of hydrogen-bond donors (Lipinski definition) is 1. The van der Waals surface area contributed by atoms with Crippen LogP contribution >= 0.6 is 11.3 Å². The van der Waals surface area contributed by atoms with Gasteiger partial charge in [-0.25, -0.2) is 4.98 Å². The summed E-state index contributed by atoms with van der Waals surface area (Å²) in [6.07, 6.45) is 1.59. The number of ether oxygens (including phenoxy) is 1. The van der Waals surface area contributed by atoms with E-state index in [2.05, 4.69) is 18.0 Å². The lowest BCUT2D eigenvalue weighted by atomic mass is 10.1. The molecule has 0 aliphatic carbocycles. The molecule has 2 rings (SSSR count). The van der Waals surface area contributed by atoms with Crippen LogP contribution in [0.1, 0.15) is 17.0 Å². The van der Waals surface area contributed by atoms with Crippen molar-refractivity contribution >= 4 is 11.3 Å². The Labute approximate surface area is 111 Å². The first kappa shape index (κ1) is 13.1. The van der Waals surface area contributed by atoms with E-state index in [0.29, 0.717) is 0 Å². The van der Waals surface area contributed by atoms with Gasteiger partial charge >= 0.3 is 0 Å². The van der Waals surface area contributed by atoms with Crippen LogP contribution in [-0.4, -0.2) is 23.8 Å². The molecule has 0 atom stereocenters. The predicted octanol–water partition coefficient (Wildman–Crippen LogP) is 3.05. The minimum Gasteiger partial charge on any atom is -0.496 e. The van der Waals surface area contributed by atoms with Gasteiger partial charge in [0, 0.05) is 24.0 Å². The van der Waals surface area contributed by atoms with Crippen LogP contribution < -0.4 is 4.74 Å². The van der Waals surface area contributed by atoms with E-state index in [9.17, 15) is 0 Å². The second-order valence-corrected chi connectivity index (χ2v) is 5.10. The van der Waals surface area contributed by atoms with Gasteiger partial charge in [-0.05, 0) is 25.5 Å². The summed E-state index contributed by atoms with van der Waals surface area (Å²) < 4.78 is 5.37. The highest BCUT2D eigenvalue weighted by molar-refractivity contribution is 7.09.